The molecule has 90 valence electrons. The topological polar surface area (TPSA) is 80.5 Å². The number of nitrogens with zero attached hydrogens (tertiary/aromatic N) is 3. The van der Waals surface area contributed by atoms with Crippen molar-refractivity contribution in [2.45, 2.75) is 6.18 Å². The van der Waals surface area contributed by atoms with Crippen molar-refractivity contribution in [3.63, 3.8) is 0 Å². The fraction of sp³-hybridized carbons (Fsp3) is 0.125. The number of aromatic nitrogens is 4. The summed E-state index contributed by atoms with van der Waals surface area (Å²) < 4.78 is 37.1. The van der Waals surface area contributed by atoms with Crippen molar-refractivity contribution in [3.05, 3.63) is 23.4 Å². The molecule has 2 rings (SSSR count). The normalized spacial score (nSPS) is 11.8. The van der Waals surface area contributed by atoms with Crippen LogP contribution in [0.5, 0.6) is 0 Å². The van der Waals surface area contributed by atoms with Crippen molar-refractivity contribution in [1.82, 2.24) is 19.9 Å². The van der Waals surface area contributed by atoms with Crippen LogP contribution in [0.3, 0.4) is 0 Å². The summed E-state index contributed by atoms with van der Waals surface area (Å²) in [5, 5.41) is -0.0689. The summed E-state index contributed by atoms with van der Waals surface area (Å²) in [7, 11) is 0. The standard InChI is InChI=1S/C8H5ClF3N5/c9-5-4(6(13)16-2-15-5)7-14-1-3(17-7)8(10,11)12/h1-2H,(H,14,17)(H2,13,15,16). The summed E-state index contributed by atoms with van der Waals surface area (Å²) in [5.41, 5.74) is 4.55. The van der Waals surface area contributed by atoms with Crippen LogP contribution < -0.4 is 5.73 Å². The second kappa shape index (κ2) is 3.88. The smallest absolute Gasteiger partial charge is 0.383 e. The van der Waals surface area contributed by atoms with E-state index in [9.17, 15) is 13.2 Å². The summed E-state index contributed by atoms with van der Waals surface area (Å²) in [6.07, 6.45) is -2.75. The van der Waals surface area contributed by atoms with Gasteiger partial charge >= 0.3 is 6.18 Å². The first-order valence-corrected chi connectivity index (χ1v) is 4.66. The number of imidazole rings is 1. The van der Waals surface area contributed by atoms with Gasteiger partial charge in [-0.05, 0) is 0 Å². The molecule has 5 nitrogen and oxygen atoms in total. The maximum absolute atomic E-state index is 12.4. The van der Waals surface area contributed by atoms with Gasteiger partial charge in [-0.15, -0.1) is 0 Å². The molecule has 2 heterocycles. The van der Waals surface area contributed by atoms with Gasteiger partial charge in [-0.2, -0.15) is 13.2 Å². The number of anilines is 1. The third-order valence-electron chi connectivity index (χ3n) is 1.95. The Morgan fingerprint density at radius 3 is 2.47 bits per heavy atom. The Balaban J connectivity index is 2.51. The highest BCUT2D eigenvalue weighted by molar-refractivity contribution is 6.32. The number of aromatic amines is 1. The number of nitrogens with one attached hydrogen (secondary N) is 1. The van der Waals surface area contributed by atoms with Crippen LogP contribution in [0.1, 0.15) is 5.69 Å². The minimum atomic E-state index is -4.51. The summed E-state index contributed by atoms with van der Waals surface area (Å²) in [6.45, 7) is 0. The second-order valence-electron chi connectivity index (χ2n) is 3.07. The van der Waals surface area contributed by atoms with Crippen molar-refractivity contribution in [1.29, 1.82) is 0 Å². The van der Waals surface area contributed by atoms with Gasteiger partial charge in [0.1, 0.15) is 28.8 Å². The van der Waals surface area contributed by atoms with E-state index >= 15 is 0 Å². The monoisotopic (exact) mass is 263 g/mol. The molecule has 0 amide bonds. The van der Waals surface area contributed by atoms with E-state index in [0.29, 0.717) is 6.20 Å². The Morgan fingerprint density at radius 1 is 1.24 bits per heavy atom. The zero-order valence-electron chi connectivity index (χ0n) is 8.09. The van der Waals surface area contributed by atoms with Crippen LogP contribution in [-0.2, 0) is 6.18 Å². The molecule has 0 aliphatic heterocycles. The molecule has 0 fully saturated rings. The van der Waals surface area contributed by atoms with Crippen LogP contribution in [-0.4, -0.2) is 19.9 Å². The van der Waals surface area contributed by atoms with Crippen LogP contribution in [0.4, 0.5) is 19.0 Å². The van der Waals surface area contributed by atoms with Gasteiger partial charge in [0.05, 0.1) is 11.8 Å². The lowest BCUT2D eigenvalue weighted by Gasteiger charge is -2.03. The molecule has 0 atom stereocenters. The van der Waals surface area contributed by atoms with Gasteiger partial charge in [-0.1, -0.05) is 11.6 Å². The number of halogens is 4. The molecule has 0 saturated heterocycles. The number of hydrogen-bond acceptors (Lipinski definition) is 4. The number of alkyl halides is 3. The quantitative estimate of drug-likeness (QED) is 0.772. The number of H-pyrrole nitrogens is 1. The highest BCUT2D eigenvalue weighted by atomic mass is 35.5. The van der Waals surface area contributed by atoms with Crippen molar-refractivity contribution in [3.8, 4) is 11.4 Å². The summed E-state index contributed by atoms with van der Waals surface area (Å²) in [4.78, 5) is 12.9. The highest BCUT2D eigenvalue weighted by Crippen LogP contribution is 2.32. The summed E-state index contributed by atoms with van der Waals surface area (Å²) in [6, 6.07) is 0. The van der Waals surface area contributed by atoms with Gasteiger partial charge in [-0.25, -0.2) is 15.0 Å². The van der Waals surface area contributed by atoms with Crippen molar-refractivity contribution in [2.75, 3.05) is 5.73 Å². The molecule has 0 bridgehead atoms. The van der Waals surface area contributed by atoms with Gasteiger partial charge in [0, 0.05) is 0 Å². The highest BCUT2D eigenvalue weighted by Gasteiger charge is 2.33. The molecule has 2 aromatic rings. The van der Waals surface area contributed by atoms with E-state index in [1.54, 1.807) is 0 Å². The molecule has 0 radical (unpaired) electrons. The predicted molar refractivity (Wildman–Crippen MR) is 54.0 cm³/mol. The van der Waals surface area contributed by atoms with Crippen LogP contribution in [0.15, 0.2) is 12.5 Å². The molecule has 0 aliphatic rings. The summed E-state index contributed by atoms with van der Waals surface area (Å²) in [5.74, 6) is -0.173. The Kier molecular flexibility index (Phi) is 2.66. The number of nitrogen functional groups attached to an aromatic ring is 1. The van der Waals surface area contributed by atoms with Gasteiger partial charge < -0.3 is 10.7 Å². The molecule has 17 heavy (non-hydrogen) atoms. The molecule has 0 saturated carbocycles. The SMILES string of the molecule is Nc1ncnc(Cl)c1-c1ncc(C(F)(F)F)[nH]1. The maximum Gasteiger partial charge on any atom is 0.432 e. The zero-order valence-corrected chi connectivity index (χ0v) is 8.84. The van der Waals surface area contributed by atoms with Crippen molar-refractivity contribution >= 4 is 17.4 Å². The van der Waals surface area contributed by atoms with Gasteiger partial charge in [0.2, 0.25) is 0 Å². The largest absolute Gasteiger partial charge is 0.432 e. The van der Waals surface area contributed by atoms with E-state index in [0.717, 1.165) is 6.33 Å². The molecular formula is C8H5ClF3N5. The third kappa shape index (κ3) is 2.16. The molecule has 0 aliphatic carbocycles. The molecular weight excluding hydrogens is 259 g/mol. The van der Waals surface area contributed by atoms with Crippen LogP contribution >= 0.6 is 11.6 Å². The summed E-state index contributed by atoms with van der Waals surface area (Å²) >= 11 is 5.72. The van der Waals surface area contributed by atoms with Gasteiger partial charge in [0.25, 0.3) is 0 Å². The van der Waals surface area contributed by atoms with Crippen LogP contribution in [0.25, 0.3) is 11.4 Å². The molecule has 2 aromatic heterocycles. The first-order chi connectivity index (χ1) is 7.89. The van der Waals surface area contributed by atoms with Gasteiger partial charge in [0.15, 0.2) is 0 Å². The fourth-order valence-electron chi connectivity index (χ4n) is 1.19. The molecule has 3 N–H and O–H groups in total. The van der Waals surface area contributed by atoms with E-state index in [1.807, 2.05) is 0 Å². The first kappa shape index (κ1) is 11.6. The van der Waals surface area contributed by atoms with E-state index in [4.69, 9.17) is 17.3 Å². The Labute approximate surface area is 97.9 Å². The van der Waals surface area contributed by atoms with E-state index < -0.39 is 11.9 Å². The van der Waals surface area contributed by atoms with Crippen LogP contribution in [0, 0.1) is 0 Å². The fourth-order valence-corrected chi connectivity index (χ4v) is 1.42. The minimum absolute atomic E-state index is 0.0460. The lowest BCUT2D eigenvalue weighted by atomic mass is 10.3. The van der Waals surface area contributed by atoms with Gasteiger partial charge in [-0.3, -0.25) is 0 Å². The lowest BCUT2D eigenvalue weighted by Crippen LogP contribution is -2.05. The van der Waals surface area contributed by atoms with E-state index in [-0.39, 0.29) is 22.4 Å². The number of rotatable bonds is 1. The number of hydrogen-bond donors (Lipinski definition) is 2. The third-order valence-corrected chi connectivity index (χ3v) is 2.23. The van der Waals surface area contributed by atoms with E-state index in [1.165, 1.54) is 0 Å². The van der Waals surface area contributed by atoms with Crippen LogP contribution in [0.2, 0.25) is 5.15 Å². The maximum atomic E-state index is 12.4. The molecule has 0 spiro atoms. The van der Waals surface area contributed by atoms with Crippen molar-refractivity contribution in [2.24, 2.45) is 0 Å². The Morgan fingerprint density at radius 2 is 1.94 bits per heavy atom. The Hall–Kier alpha value is -1.83. The average Bonchev–Trinajstić information content (AvgIpc) is 2.65. The molecule has 0 aromatic carbocycles. The minimum Gasteiger partial charge on any atom is -0.383 e. The van der Waals surface area contributed by atoms with E-state index in [2.05, 4.69) is 19.9 Å². The Bertz CT molecular complexity index is 530. The number of nitrogens with two attached hydrogens (primary N) is 1. The average molecular weight is 264 g/mol. The molecule has 9 heteroatoms. The lowest BCUT2D eigenvalue weighted by molar-refractivity contribution is -0.140. The predicted octanol–water partition coefficient (Wildman–Crippen LogP) is 2.12. The zero-order chi connectivity index (χ0) is 12.6. The molecule has 0 unspecified atom stereocenters. The first-order valence-electron chi connectivity index (χ1n) is 4.28. The van der Waals surface area contributed by atoms with Crippen molar-refractivity contribution < 1.29 is 13.2 Å². The second-order valence-corrected chi connectivity index (χ2v) is 3.43.